The Labute approximate surface area is 141 Å². The van der Waals surface area contributed by atoms with Gasteiger partial charge in [0.05, 0.1) is 5.69 Å². The Bertz CT molecular complexity index is 1020. The Morgan fingerprint density at radius 1 is 1.16 bits per heavy atom. The molecule has 0 saturated heterocycles. The fraction of sp³-hybridized carbons (Fsp3) is 0.0625. The summed E-state index contributed by atoms with van der Waals surface area (Å²) in [5.74, 6) is 1.26. The zero-order valence-corrected chi connectivity index (χ0v) is 13.1. The number of nitrogens with one attached hydrogen (secondary N) is 1. The molecule has 0 radical (unpaired) electrons. The van der Waals surface area contributed by atoms with Crippen LogP contribution in [0.5, 0.6) is 0 Å². The van der Waals surface area contributed by atoms with E-state index in [2.05, 4.69) is 26.0 Å². The minimum atomic E-state index is -0.396. The van der Waals surface area contributed by atoms with Crippen LogP contribution < -0.4 is 5.32 Å². The molecule has 3 aromatic heterocycles. The minimum absolute atomic E-state index is 0.150. The van der Waals surface area contributed by atoms with Gasteiger partial charge in [-0.3, -0.25) is 4.79 Å². The van der Waals surface area contributed by atoms with Crippen molar-refractivity contribution in [3.8, 4) is 17.2 Å². The summed E-state index contributed by atoms with van der Waals surface area (Å²) in [6, 6.07) is 12.2. The van der Waals surface area contributed by atoms with E-state index in [9.17, 15) is 4.79 Å². The van der Waals surface area contributed by atoms with Crippen LogP contribution in [0.4, 0.5) is 5.69 Å². The molecule has 3 heterocycles. The first-order valence-electron chi connectivity index (χ1n) is 7.37. The van der Waals surface area contributed by atoms with Crippen molar-refractivity contribution in [2.24, 2.45) is 0 Å². The fourth-order valence-electron chi connectivity index (χ4n) is 2.27. The number of rotatable bonds is 4. The van der Waals surface area contributed by atoms with Crippen LogP contribution in [0.1, 0.15) is 16.2 Å². The van der Waals surface area contributed by atoms with Gasteiger partial charge in [-0.1, -0.05) is 11.2 Å². The highest BCUT2D eigenvalue weighted by atomic mass is 16.5. The molecule has 4 aromatic rings. The Morgan fingerprint density at radius 3 is 2.84 bits per heavy atom. The number of nitrogens with zero attached hydrogens (tertiary/aromatic N) is 5. The molecule has 0 aliphatic rings. The summed E-state index contributed by atoms with van der Waals surface area (Å²) in [6.45, 7) is 1.82. The van der Waals surface area contributed by atoms with Gasteiger partial charge >= 0.3 is 0 Å². The molecular weight excluding hydrogens is 324 g/mol. The van der Waals surface area contributed by atoms with Crippen LogP contribution in [0.3, 0.4) is 0 Å². The number of benzene rings is 1. The van der Waals surface area contributed by atoms with E-state index in [-0.39, 0.29) is 5.69 Å². The van der Waals surface area contributed by atoms with Crippen molar-refractivity contribution in [3.63, 3.8) is 0 Å². The van der Waals surface area contributed by atoms with Crippen LogP contribution in [0.2, 0.25) is 0 Å². The van der Waals surface area contributed by atoms with E-state index in [1.54, 1.807) is 24.3 Å². The molecule has 0 aliphatic carbocycles. The van der Waals surface area contributed by atoms with Gasteiger partial charge in [-0.2, -0.15) is 0 Å². The number of carbonyl (C=O) groups is 1. The quantitative estimate of drug-likeness (QED) is 0.609. The van der Waals surface area contributed by atoms with Crippen molar-refractivity contribution in [1.29, 1.82) is 0 Å². The average Bonchev–Trinajstić information content (AvgIpc) is 3.36. The predicted molar refractivity (Wildman–Crippen MR) is 86.0 cm³/mol. The van der Waals surface area contributed by atoms with Crippen LogP contribution >= 0.6 is 0 Å². The first-order valence-corrected chi connectivity index (χ1v) is 7.37. The molecule has 0 unspecified atom stereocenters. The van der Waals surface area contributed by atoms with E-state index in [1.807, 2.05) is 19.1 Å². The second-order valence-corrected chi connectivity index (χ2v) is 5.25. The molecule has 1 amide bonds. The Morgan fingerprint density at radius 2 is 2.08 bits per heavy atom. The topological polar surface area (TPSA) is 112 Å². The van der Waals surface area contributed by atoms with Crippen LogP contribution in [-0.4, -0.2) is 31.3 Å². The molecular formula is C16H12N6O3. The van der Waals surface area contributed by atoms with Crippen LogP contribution in [0.25, 0.3) is 17.2 Å². The van der Waals surface area contributed by atoms with E-state index < -0.39 is 5.91 Å². The number of aromatic nitrogens is 5. The number of amides is 1. The van der Waals surface area contributed by atoms with Gasteiger partial charge in [0.2, 0.25) is 5.76 Å². The van der Waals surface area contributed by atoms with Crippen LogP contribution in [-0.2, 0) is 0 Å². The number of tetrazole rings is 1. The first-order chi connectivity index (χ1) is 12.2. The second kappa shape index (κ2) is 6.04. The van der Waals surface area contributed by atoms with Gasteiger partial charge in [-0.25, -0.2) is 4.68 Å². The van der Waals surface area contributed by atoms with Gasteiger partial charge < -0.3 is 14.3 Å². The summed E-state index contributed by atoms with van der Waals surface area (Å²) in [6.07, 6.45) is 1.47. The zero-order valence-electron chi connectivity index (χ0n) is 13.1. The Balaban J connectivity index is 1.53. The van der Waals surface area contributed by atoms with Crippen molar-refractivity contribution in [3.05, 3.63) is 60.2 Å². The van der Waals surface area contributed by atoms with Gasteiger partial charge in [0.25, 0.3) is 5.91 Å². The first kappa shape index (κ1) is 14.8. The maximum Gasteiger partial charge on any atom is 0.277 e. The number of carbonyl (C=O) groups excluding carboxylic acids is 1. The van der Waals surface area contributed by atoms with Crippen LogP contribution in [0.15, 0.2) is 57.7 Å². The average molecular weight is 336 g/mol. The van der Waals surface area contributed by atoms with Gasteiger partial charge in [0.1, 0.15) is 12.1 Å². The lowest BCUT2D eigenvalue weighted by Crippen LogP contribution is -2.12. The maximum atomic E-state index is 12.4. The van der Waals surface area contributed by atoms with Crippen molar-refractivity contribution in [2.45, 2.75) is 6.92 Å². The van der Waals surface area contributed by atoms with Gasteiger partial charge in [0.15, 0.2) is 11.5 Å². The predicted octanol–water partition coefficient (Wildman–Crippen LogP) is 2.47. The molecule has 9 nitrogen and oxygen atoms in total. The van der Waals surface area contributed by atoms with Gasteiger partial charge in [0, 0.05) is 11.8 Å². The van der Waals surface area contributed by atoms with Crippen molar-refractivity contribution < 1.29 is 13.7 Å². The summed E-state index contributed by atoms with van der Waals surface area (Å²) < 4.78 is 12.1. The largest absolute Gasteiger partial charge is 0.458 e. The van der Waals surface area contributed by atoms with E-state index in [4.69, 9.17) is 8.94 Å². The highest BCUT2D eigenvalue weighted by Crippen LogP contribution is 2.23. The molecule has 0 atom stereocenters. The molecule has 9 heteroatoms. The van der Waals surface area contributed by atoms with Gasteiger partial charge in [-0.15, -0.1) is 5.10 Å². The lowest BCUT2D eigenvalue weighted by molar-refractivity contribution is 0.101. The summed E-state index contributed by atoms with van der Waals surface area (Å²) in [5.41, 5.74) is 1.45. The fourth-order valence-corrected chi connectivity index (χ4v) is 2.27. The highest BCUT2D eigenvalue weighted by molar-refractivity contribution is 6.03. The summed E-state index contributed by atoms with van der Waals surface area (Å²) in [4.78, 5) is 12.4. The smallest absolute Gasteiger partial charge is 0.277 e. The normalized spacial score (nSPS) is 10.8. The van der Waals surface area contributed by atoms with E-state index in [0.29, 0.717) is 17.2 Å². The van der Waals surface area contributed by atoms with Crippen molar-refractivity contribution in [2.75, 3.05) is 5.32 Å². The molecule has 25 heavy (non-hydrogen) atoms. The molecule has 0 aliphatic heterocycles. The third kappa shape index (κ3) is 3.02. The molecule has 0 saturated carbocycles. The van der Waals surface area contributed by atoms with Gasteiger partial charge in [-0.05, 0) is 47.7 Å². The molecule has 1 aromatic carbocycles. The number of hydrogen-bond donors (Lipinski definition) is 1. The summed E-state index contributed by atoms with van der Waals surface area (Å²) in [5, 5.41) is 17.5. The molecule has 0 bridgehead atoms. The number of anilines is 1. The minimum Gasteiger partial charge on any atom is -0.458 e. The SMILES string of the molecule is Cc1ccc(-c2cc(C(=O)Nc3cccc(-n4cnnn4)c3)no2)o1. The van der Waals surface area contributed by atoms with Crippen molar-refractivity contribution >= 4 is 11.6 Å². The monoisotopic (exact) mass is 336 g/mol. The zero-order chi connectivity index (χ0) is 17.2. The molecule has 4 rings (SSSR count). The standard InChI is InChI=1S/C16H12N6O3/c1-10-5-6-14(24-10)15-8-13(19-25-15)16(23)18-11-3-2-4-12(7-11)22-9-17-20-21-22/h2-9H,1H3,(H,18,23). The Kier molecular flexibility index (Phi) is 3.58. The van der Waals surface area contributed by atoms with E-state index >= 15 is 0 Å². The third-order valence-corrected chi connectivity index (χ3v) is 3.44. The van der Waals surface area contributed by atoms with E-state index in [0.717, 1.165) is 11.4 Å². The van der Waals surface area contributed by atoms with E-state index in [1.165, 1.54) is 17.1 Å². The maximum absolute atomic E-state index is 12.4. The highest BCUT2D eigenvalue weighted by Gasteiger charge is 2.16. The lowest BCUT2D eigenvalue weighted by atomic mass is 10.2. The number of aryl methyl sites for hydroxylation is 1. The molecule has 0 fully saturated rings. The molecule has 0 spiro atoms. The second-order valence-electron chi connectivity index (χ2n) is 5.25. The number of hydrogen-bond acceptors (Lipinski definition) is 7. The summed E-state index contributed by atoms with van der Waals surface area (Å²) >= 11 is 0. The third-order valence-electron chi connectivity index (χ3n) is 3.44. The van der Waals surface area contributed by atoms with Crippen molar-refractivity contribution in [1.82, 2.24) is 25.4 Å². The molecule has 124 valence electrons. The summed E-state index contributed by atoms with van der Waals surface area (Å²) in [7, 11) is 0. The molecule has 1 N–H and O–H groups in total. The lowest BCUT2D eigenvalue weighted by Gasteiger charge is -2.05. The van der Waals surface area contributed by atoms with Crippen LogP contribution in [0, 0.1) is 6.92 Å². The Hall–Kier alpha value is -3.75. The number of furan rings is 1.